The zero-order valence-electron chi connectivity index (χ0n) is 18.8. The van der Waals surface area contributed by atoms with E-state index in [4.69, 9.17) is 16.3 Å². The summed E-state index contributed by atoms with van der Waals surface area (Å²) in [5.41, 5.74) is -0.902. The lowest BCUT2D eigenvalue weighted by Gasteiger charge is -2.26. The Hall–Kier alpha value is -2.17. The third-order valence-corrected chi connectivity index (χ3v) is 9.54. The number of benzene rings is 2. The summed E-state index contributed by atoms with van der Waals surface area (Å²) in [5.74, 6) is -4.49. The molecule has 0 aliphatic heterocycles. The molecule has 0 aliphatic carbocycles. The van der Waals surface area contributed by atoms with Gasteiger partial charge in [0.2, 0.25) is 20.0 Å². The van der Waals surface area contributed by atoms with Gasteiger partial charge in [0.05, 0.1) is 16.5 Å². The van der Waals surface area contributed by atoms with E-state index >= 15 is 4.39 Å². The Morgan fingerprint density at radius 3 is 1.94 bits per heavy atom. The first-order valence-electron chi connectivity index (χ1n) is 10.2. The molecule has 0 unspecified atom stereocenters. The Balaban J connectivity index is 2.57. The number of hydrogen-bond donors (Lipinski definition) is 0. The highest BCUT2D eigenvalue weighted by molar-refractivity contribution is 8.10. The minimum absolute atomic E-state index is 0.0830. The van der Waals surface area contributed by atoms with Crippen LogP contribution < -0.4 is 3.71 Å². The summed E-state index contributed by atoms with van der Waals surface area (Å²) in [6, 6.07) is 10.6. The van der Waals surface area contributed by atoms with Gasteiger partial charge in [0, 0.05) is 0 Å². The molecule has 0 aromatic heterocycles. The molecule has 0 bridgehead atoms. The minimum Gasteiger partial charge on any atom is -0.457 e. The van der Waals surface area contributed by atoms with Gasteiger partial charge < -0.3 is 4.74 Å². The number of sulfonamides is 2. The Kier molecular flexibility index (Phi) is 8.89. The maximum absolute atomic E-state index is 15.5. The molecule has 33 heavy (non-hydrogen) atoms. The maximum Gasteiger partial charge on any atom is 0.343 e. The standard InChI is InChI=1S/C22H27ClFNO6S2/c1-15(2)13-32(27,28)25(33(29,30)14-16(3)4)19-11-10-18(23)20(21(19)24)22(26)31-12-17-8-6-5-7-9-17/h5-11,15-16H,12-14H2,1-4H3. The molecule has 0 heterocycles. The van der Waals surface area contributed by atoms with Crippen molar-refractivity contribution in [3.05, 3.63) is 64.4 Å². The van der Waals surface area contributed by atoms with E-state index in [-0.39, 0.29) is 15.3 Å². The molecule has 11 heteroatoms. The second kappa shape index (κ2) is 10.8. The van der Waals surface area contributed by atoms with Crippen molar-refractivity contribution in [3.63, 3.8) is 0 Å². The van der Waals surface area contributed by atoms with Crippen molar-refractivity contribution in [1.29, 1.82) is 0 Å². The van der Waals surface area contributed by atoms with Gasteiger partial charge in [0.15, 0.2) is 5.82 Å². The predicted octanol–water partition coefficient (Wildman–Crippen LogP) is 4.61. The molecule has 182 valence electrons. The summed E-state index contributed by atoms with van der Waals surface area (Å²) in [6.45, 7) is 6.19. The topological polar surface area (TPSA) is 97.8 Å². The number of carbonyl (C=O) groups is 1. The number of halogens is 2. The highest BCUT2D eigenvalue weighted by atomic mass is 35.5. The van der Waals surface area contributed by atoms with Gasteiger partial charge in [-0.3, -0.25) is 0 Å². The van der Waals surface area contributed by atoms with Gasteiger partial charge in [-0.2, -0.15) is 3.71 Å². The lowest BCUT2D eigenvalue weighted by Crippen LogP contribution is -2.42. The van der Waals surface area contributed by atoms with E-state index in [0.717, 1.165) is 12.1 Å². The van der Waals surface area contributed by atoms with Crippen molar-refractivity contribution < 1.29 is 30.8 Å². The molecule has 0 atom stereocenters. The van der Waals surface area contributed by atoms with E-state index in [2.05, 4.69) is 0 Å². The first-order valence-corrected chi connectivity index (χ1v) is 13.8. The first kappa shape index (κ1) is 27.1. The van der Waals surface area contributed by atoms with Crippen LogP contribution in [0.4, 0.5) is 10.1 Å². The average Bonchev–Trinajstić information content (AvgIpc) is 2.67. The van der Waals surface area contributed by atoms with Crippen LogP contribution in [0.1, 0.15) is 43.6 Å². The number of nitrogens with zero attached hydrogens (tertiary/aromatic N) is 1. The second-order valence-electron chi connectivity index (χ2n) is 8.36. The quantitative estimate of drug-likeness (QED) is 0.425. The number of rotatable bonds is 10. The Labute approximate surface area is 199 Å². The molecule has 7 nitrogen and oxygen atoms in total. The Morgan fingerprint density at radius 1 is 0.939 bits per heavy atom. The van der Waals surface area contributed by atoms with E-state index in [1.54, 1.807) is 58.0 Å². The van der Waals surface area contributed by atoms with Crippen LogP contribution >= 0.6 is 11.6 Å². The molecule has 0 fully saturated rings. The van der Waals surface area contributed by atoms with Crippen LogP contribution in [0.2, 0.25) is 5.02 Å². The van der Waals surface area contributed by atoms with E-state index in [1.165, 1.54) is 0 Å². The highest BCUT2D eigenvalue weighted by Crippen LogP contribution is 2.33. The van der Waals surface area contributed by atoms with Gasteiger partial charge in [-0.1, -0.05) is 69.6 Å². The van der Waals surface area contributed by atoms with Gasteiger partial charge in [0.1, 0.15) is 17.9 Å². The summed E-state index contributed by atoms with van der Waals surface area (Å²) in [5, 5.41) is -0.336. The van der Waals surface area contributed by atoms with E-state index in [1.807, 2.05) is 0 Å². The summed E-state index contributed by atoms with van der Waals surface area (Å²) in [7, 11) is -9.00. The molecular formula is C22H27ClFNO6S2. The molecule has 0 N–H and O–H groups in total. The fraction of sp³-hybridized carbons (Fsp3) is 0.409. The third kappa shape index (κ3) is 6.91. The van der Waals surface area contributed by atoms with Gasteiger partial charge in [0.25, 0.3) is 0 Å². The smallest absolute Gasteiger partial charge is 0.343 e. The van der Waals surface area contributed by atoms with Crippen molar-refractivity contribution in [2.24, 2.45) is 11.8 Å². The van der Waals surface area contributed by atoms with Crippen LogP contribution in [0.3, 0.4) is 0 Å². The molecule has 0 amide bonds. The first-order chi connectivity index (χ1) is 15.3. The lowest BCUT2D eigenvalue weighted by atomic mass is 10.2. The molecular weight excluding hydrogens is 493 g/mol. The van der Waals surface area contributed by atoms with Gasteiger partial charge in [-0.05, 0) is 29.5 Å². The van der Waals surface area contributed by atoms with Crippen molar-refractivity contribution in [3.8, 4) is 0 Å². The number of anilines is 1. The summed E-state index contributed by atoms with van der Waals surface area (Å²) >= 11 is 6.02. The maximum atomic E-state index is 15.5. The van der Waals surface area contributed by atoms with Crippen molar-refractivity contribution >= 4 is 43.3 Å². The van der Waals surface area contributed by atoms with Crippen LogP contribution in [0.15, 0.2) is 42.5 Å². The number of hydrogen-bond acceptors (Lipinski definition) is 6. The van der Waals surface area contributed by atoms with Crippen molar-refractivity contribution in [1.82, 2.24) is 0 Å². The minimum atomic E-state index is -4.50. The Morgan fingerprint density at radius 2 is 1.45 bits per heavy atom. The number of carbonyl (C=O) groups excluding carboxylic acids is 1. The second-order valence-corrected chi connectivity index (χ2v) is 12.7. The largest absolute Gasteiger partial charge is 0.457 e. The molecule has 2 aromatic carbocycles. The molecule has 2 rings (SSSR count). The molecule has 0 radical (unpaired) electrons. The third-order valence-electron chi connectivity index (χ3n) is 4.28. The van der Waals surface area contributed by atoms with Crippen LogP contribution in [-0.4, -0.2) is 34.3 Å². The SMILES string of the molecule is CC(C)CS(=O)(=O)N(c1ccc(Cl)c(C(=O)OCc2ccccc2)c1F)S(=O)(=O)CC(C)C. The van der Waals surface area contributed by atoms with Crippen LogP contribution in [0, 0.1) is 17.7 Å². The zero-order chi connectivity index (χ0) is 25.0. The van der Waals surface area contributed by atoms with E-state index < -0.39 is 66.4 Å². The summed E-state index contributed by atoms with van der Waals surface area (Å²) in [6.07, 6.45) is 0. The Bertz CT molecular complexity index is 1160. The fourth-order valence-electron chi connectivity index (χ4n) is 3.12. The zero-order valence-corrected chi connectivity index (χ0v) is 21.2. The van der Waals surface area contributed by atoms with Crippen LogP contribution in [0.5, 0.6) is 0 Å². The molecule has 0 saturated carbocycles. The van der Waals surface area contributed by atoms with Crippen molar-refractivity contribution in [2.45, 2.75) is 34.3 Å². The molecule has 2 aromatic rings. The van der Waals surface area contributed by atoms with Crippen molar-refractivity contribution in [2.75, 3.05) is 15.2 Å². The lowest BCUT2D eigenvalue weighted by molar-refractivity contribution is 0.0467. The average molecular weight is 520 g/mol. The number of esters is 1. The van der Waals surface area contributed by atoms with Crippen LogP contribution in [0.25, 0.3) is 0 Å². The van der Waals surface area contributed by atoms with Crippen LogP contribution in [-0.2, 0) is 31.4 Å². The summed E-state index contributed by atoms with van der Waals surface area (Å²) < 4.78 is 72.9. The van der Waals surface area contributed by atoms with Gasteiger partial charge in [-0.25, -0.2) is 26.0 Å². The molecule has 0 aliphatic rings. The van der Waals surface area contributed by atoms with Gasteiger partial charge in [-0.15, -0.1) is 0 Å². The van der Waals surface area contributed by atoms with E-state index in [9.17, 15) is 21.6 Å². The monoisotopic (exact) mass is 519 g/mol. The fourth-order valence-corrected chi connectivity index (χ4v) is 7.93. The normalized spacial score (nSPS) is 12.2. The molecule has 0 saturated heterocycles. The van der Waals surface area contributed by atoms with Gasteiger partial charge >= 0.3 is 5.97 Å². The molecule has 0 spiro atoms. The highest BCUT2D eigenvalue weighted by Gasteiger charge is 2.38. The number of ether oxygens (including phenoxy) is 1. The predicted molar refractivity (Wildman–Crippen MR) is 127 cm³/mol. The summed E-state index contributed by atoms with van der Waals surface area (Å²) in [4.78, 5) is 12.6. The van der Waals surface area contributed by atoms with E-state index in [0.29, 0.717) is 5.56 Å².